The topological polar surface area (TPSA) is 97.8 Å². The maximum Gasteiger partial charge on any atom is 0.424 e. The lowest BCUT2D eigenvalue weighted by Gasteiger charge is -2.09. The van der Waals surface area contributed by atoms with Gasteiger partial charge in [-0.25, -0.2) is 9.36 Å². The molecule has 2 aromatic heterocycles. The molecule has 6 heteroatoms. The zero-order valence-electron chi connectivity index (χ0n) is 13.7. The lowest BCUT2D eigenvalue weighted by Crippen LogP contribution is -2.12. The molecule has 1 aliphatic carbocycles. The SMILES string of the molecule is N#CC1CC1c1cc2cc(-n3c(=O)oc4ccccc43)cc(N)c2cn1. The van der Waals surface area contributed by atoms with Crippen LogP contribution in [0.2, 0.25) is 0 Å². The van der Waals surface area contributed by atoms with E-state index in [4.69, 9.17) is 15.4 Å². The van der Waals surface area contributed by atoms with Crippen LogP contribution in [0.3, 0.4) is 0 Å². The quantitative estimate of drug-likeness (QED) is 0.563. The Kier molecular flexibility index (Phi) is 2.95. The smallest absolute Gasteiger partial charge is 0.407 e. The van der Waals surface area contributed by atoms with Gasteiger partial charge >= 0.3 is 5.76 Å². The first kappa shape index (κ1) is 14.7. The van der Waals surface area contributed by atoms with Crippen LogP contribution < -0.4 is 11.5 Å². The van der Waals surface area contributed by atoms with Crippen molar-refractivity contribution in [3.05, 3.63) is 64.9 Å². The second kappa shape index (κ2) is 5.20. The summed E-state index contributed by atoms with van der Waals surface area (Å²) in [6, 6.07) is 15.2. The van der Waals surface area contributed by atoms with Crippen LogP contribution in [0.1, 0.15) is 18.0 Å². The summed E-state index contributed by atoms with van der Waals surface area (Å²) in [6.45, 7) is 0. The van der Waals surface area contributed by atoms with Gasteiger partial charge in [0.15, 0.2) is 5.58 Å². The van der Waals surface area contributed by atoms with E-state index in [0.29, 0.717) is 22.5 Å². The highest BCUT2D eigenvalue weighted by atomic mass is 16.4. The molecule has 0 spiro atoms. The first-order chi connectivity index (χ1) is 12.7. The van der Waals surface area contributed by atoms with Crippen molar-refractivity contribution in [2.24, 2.45) is 5.92 Å². The predicted molar refractivity (Wildman–Crippen MR) is 98.0 cm³/mol. The number of aromatic nitrogens is 2. The second-order valence-electron chi connectivity index (χ2n) is 6.61. The Morgan fingerprint density at radius 3 is 2.92 bits per heavy atom. The van der Waals surface area contributed by atoms with E-state index in [0.717, 1.165) is 22.9 Å². The summed E-state index contributed by atoms with van der Waals surface area (Å²) in [7, 11) is 0. The maximum absolute atomic E-state index is 12.4. The Labute approximate surface area is 148 Å². The molecule has 0 aliphatic heterocycles. The van der Waals surface area contributed by atoms with Gasteiger partial charge in [0.2, 0.25) is 0 Å². The zero-order valence-corrected chi connectivity index (χ0v) is 13.7. The van der Waals surface area contributed by atoms with Crippen LogP contribution >= 0.6 is 0 Å². The monoisotopic (exact) mass is 342 g/mol. The molecule has 6 nitrogen and oxygen atoms in total. The van der Waals surface area contributed by atoms with E-state index in [1.165, 1.54) is 4.57 Å². The summed E-state index contributed by atoms with van der Waals surface area (Å²) < 4.78 is 6.84. The number of hydrogen-bond donors (Lipinski definition) is 1. The molecule has 2 aromatic carbocycles. The molecular weight excluding hydrogens is 328 g/mol. The number of nitriles is 1. The summed E-state index contributed by atoms with van der Waals surface area (Å²) >= 11 is 0. The van der Waals surface area contributed by atoms with Gasteiger partial charge in [-0.15, -0.1) is 0 Å². The summed E-state index contributed by atoms with van der Waals surface area (Å²) in [5.74, 6) is -0.223. The van der Waals surface area contributed by atoms with Gasteiger partial charge in [-0.1, -0.05) is 12.1 Å². The van der Waals surface area contributed by atoms with Crippen molar-refractivity contribution in [1.82, 2.24) is 9.55 Å². The first-order valence-corrected chi connectivity index (χ1v) is 8.35. The highest BCUT2D eigenvalue weighted by molar-refractivity contribution is 5.95. The molecule has 5 rings (SSSR count). The van der Waals surface area contributed by atoms with Crippen molar-refractivity contribution in [1.29, 1.82) is 5.26 Å². The maximum atomic E-state index is 12.4. The van der Waals surface area contributed by atoms with Gasteiger partial charge in [0.25, 0.3) is 0 Å². The summed E-state index contributed by atoms with van der Waals surface area (Å²) in [4.78, 5) is 16.8. The Balaban J connectivity index is 1.72. The van der Waals surface area contributed by atoms with Gasteiger partial charge < -0.3 is 10.2 Å². The van der Waals surface area contributed by atoms with E-state index in [-0.39, 0.29) is 11.8 Å². The molecule has 2 unspecified atom stereocenters. The molecule has 0 amide bonds. The summed E-state index contributed by atoms with van der Waals surface area (Å²) in [6.07, 6.45) is 2.59. The number of benzene rings is 2. The summed E-state index contributed by atoms with van der Waals surface area (Å²) in [5, 5.41) is 10.8. The number of rotatable bonds is 2. The number of nitrogens with two attached hydrogens (primary N) is 1. The standard InChI is InChI=1S/C20H14N4O2/c21-9-12-6-14(12)17-7-11-5-13(8-16(22)15(11)10-23-17)24-18-3-1-2-4-19(18)26-20(24)25/h1-5,7-8,10,12,14H,6,22H2. The predicted octanol–water partition coefficient (Wildman–Crippen LogP) is 3.34. The van der Waals surface area contributed by atoms with Gasteiger partial charge in [-0.05, 0) is 42.1 Å². The Hall–Kier alpha value is -3.59. The molecule has 0 radical (unpaired) electrons. The first-order valence-electron chi connectivity index (χ1n) is 8.35. The van der Waals surface area contributed by atoms with Crippen LogP contribution in [0.15, 0.2) is 57.9 Å². The number of anilines is 1. The molecule has 0 saturated heterocycles. The molecule has 2 heterocycles. The number of nitrogen functional groups attached to an aromatic ring is 1. The van der Waals surface area contributed by atoms with Gasteiger partial charge in [0.1, 0.15) is 0 Å². The van der Waals surface area contributed by atoms with E-state index >= 15 is 0 Å². The Morgan fingerprint density at radius 2 is 2.12 bits per heavy atom. The Morgan fingerprint density at radius 1 is 1.27 bits per heavy atom. The number of fused-ring (bicyclic) bond motifs is 2. The second-order valence-corrected chi connectivity index (χ2v) is 6.61. The fourth-order valence-electron chi connectivity index (χ4n) is 3.49. The van der Waals surface area contributed by atoms with Crippen molar-refractivity contribution >= 4 is 27.6 Å². The van der Waals surface area contributed by atoms with E-state index < -0.39 is 5.76 Å². The fraction of sp³-hybridized carbons (Fsp3) is 0.150. The van der Waals surface area contributed by atoms with E-state index in [2.05, 4.69) is 11.1 Å². The average molecular weight is 342 g/mol. The number of para-hydroxylation sites is 2. The average Bonchev–Trinajstić information content (AvgIpc) is 3.35. The van der Waals surface area contributed by atoms with E-state index in [1.54, 1.807) is 18.3 Å². The van der Waals surface area contributed by atoms with E-state index in [1.807, 2.05) is 30.3 Å². The van der Waals surface area contributed by atoms with Crippen LogP contribution in [-0.2, 0) is 0 Å². The fourth-order valence-corrected chi connectivity index (χ4v) is 3.49. The molecule has 2 atom stereocenters. The zero-order chi connectivity index (χ0) is 17.8. The molecule has 2 N–H and O–H groups in total. The minimum Gasteiger partial charge on any atom is -0.407 e. The lowest BCUT2D eigenvalue weighted by atomic mass is 10.1. The van der Waals surface area contributed by atoms with Crippen molar-refractivity contribution in [2.45, 2.75) is 12.3 Å². The van der Waals surface area contributed by atoms with Crippen LogP contribution in [0.25, 0.3) is 27.6 Å². The van der Waals surface area contributed by atoms with Gasteiger partial charge in [-0.2, -0.15) is 5.26 Å². The third kappa shape index (κ3) is 2.11. The molecule has 4 aromatic rings. The molecule has 1 fully saturated rings. The van der Waals surface area contributed by atoms with Gasteiger partial charge in [0, 0.05) is 28.9 Å². The van der Waals surface area contributed by atoms with Crippen LogP contribution in [0.4, 0.5) is 5.69 Å². The number of pyridine rings is 1. The van der Waals surface area contributed by atoms with Crippen molar-refractivity contribution in [2.75, 3.05) is 5.73 Å². The molecule has 0 bridgehead atoms. The Bertz CT molecular complexity index is 1280. The number of hydrogen-bond acceptors (Lipinski definition) is 5. The third-order valence-electron chi connectivity index (χ3n) is 4.96. The number of nitrogens with zero attached hydrogens (tertiary/aromatic N) is 3. The highest BCUT2D eigenvalue weighted by Crippen LogP contribution is 2.46. The minimum absolute atomic E-state index is 0.0425. The van der Waals surface area contributed by atoms with Crippen LogP contribution in [0, 0.1) is 17.2 Å². The normalized spacial score (nSPS) is 18.9. The molecule has 26 heavy (non-hydrogen) atoms. The third-order valence-corrected chi connectivity index (χ3v) is 4.96. The van der Waals surface area contributed by atoms with E-state index in [9.17, 15) is 4.79 Å². The van der Waals surface area contributed by atoms with Gasteiger partial charge in [0.05, 0.1) is 23.2 Å². The lowest BCUT2D eigenvalue weighted by molar-refractivity contribution is 0.540. The largest absolute Gasteiger partial charge is 0.424 e. The molecule has 126 valence electrons. The van der Waals surface area contributed by atoms with Crippen molar-refractivity contribution in [3.63, 3.8) is 0 Å². The van der Waals surface area contributed by atoms with Crippen LogP contribution in [0.5, 0.6) is 0 Å². The van der Waals surface area contributed by atoms with Gasteiger partial charge in [-0.3, -0.25) is 4.98 Å². The van der Waals surface area contributed by atoms with Crippen LogP contribution in [-0.4, -0.2) is 9.55 Å². The van der Waals surface area contributed by atoms with Crippen molar-refractivity contribution in [3.8, 4) is 11.8 Å². The molecule has 1 aliphatic rings. The molecule has 1 saturated carbocycles. The van der Waals surface area contributed by atoms with Crippen molar-refractivity contribution < 1.29 is 4.42 Å². The summed E-state index contributed by atoms with van der Waals surface area (Å²) in [5.41, 5.74) is 9.52. The minimum atomic E-state index is -0.453. The molecular formula is C20H14N4O2. The highest BCUT2D eigenvalue weighted by Gasteiger charge is 2.39. The number of oxazole rings is 1.